The van der Waals surface area contributed by atoms with Crippen molar-refractivity contribution in [2.24, 2.45) is 0 Å². The summed E-state index contributed by atoms with van der Waals surface area (Å²) in [5.41, 5.74) is 5.59. The minimum atomic E-state index is -1.92. The largest absolute Gasteiger partial charge is 0.449 e. The molecule has 1 aliphatic carbocycles. The van der Waals surface area contributed by atoms with E-state index >= 15 is 0 Å². The zero-order valence-corrected chi connectivity index (χ0v) is 28.8. The van der Waals surface area contributed by atoms with E-state index in [0.29, 0.717) is 38.5 Å². The third-order valence-electron chi connectivity index (χ3n) is 9.49. The van der Waals surface area contributed by atoms with Crippen LogP contribution in [0.2, 0.25) is 18.1 Å². The van der Waals surface area contributed by atoms with E-state index in [1.54, 1.807) is 6.20 Å². The number of hydrogen-bond donors (Lipinski definition) is 3. The van der Waals surface area contributed by atoms with Gasteiger partial charge in [-0.1, -0.05) is 69.3 Å². The van der Waals surface area contributed by atoms with Crippen molar-refractivity contribution in [3.63, 3.8) is 0 Å². The molecule has 4 aromatic rings. The highest BCUT2D eigenvalue weighted by molar-refractivity contribution is 6.74. The number of morpholine rings is 1. The summed E-state index contributed by atoms with van der Waals surface area (Å²) in [5.74, 6) is 0.0112. The highest BCUT2D eigenvalue weighted by atomic mass is 28.4. The Morgan fingerprint density at radius 3 is 2.47 bits per heavy atom. The van der Waals surface area contributed by atoms with Gasteiger partial charge in [0.15, 0.2) is 14.5 Å². The van der Waals surface area contributed by atoms with E-state index in [9.17, 15) is 9.59 Å². The second kappa shape index (κ2) is 13.7. The lowest BCUT2D eigenvalue weighted by Gasteiger charge is -2.39. The van der Waals surface area contributed by atoms with Crippen LogP contribution < -0.4 is 16.3 Å². The lowest BCUT2D eigenvalue weighted by atomic mass is 9.98. The van der Waals surface area contributed by atoms with Crippen LogP contribution in [0.25, 0.3) is 22.2 Å². The number of benzene rings is 2. The average Bonchev–Trinajstić information content (AvgIpc) is 3.59. The second-order valence-electron chi connectivity index (χ2n) is 13.8. The maximum Gasteiger partial charge on any atom is 0.407 e. The molecule has 0 unspecified atom stereocenters. The quantitative estimate of drug-likeness (QED) is 0.146. The molecule has 12 heteroatoms. The van der Waals surface area contributed by atoms with Crippen LogP contribution >= 0.6 is 0 Å². The van der Waals surface area contributed by atoms with Gasteiger partial charge in [-0.05, 0) is 46.5 Å². The van der Waals surface area contributed by atoms with E-state index < -0.39 is 26.3 Å². The van der Waals surface area contributed by atoms with Crippen molar-refractivity contribution < 1.29 is 23.4 Å². The lowest BCUT2D eigenvalue weighted by molar-refractivity contribution is -0.0945. The number of hydrogen-bond acceptors (Lipinski definition) is 8. The van der Waals surface area contributed by atoms with E-state index in [2.05, 4.69) is 78.7 Å². The summed E-state index contributed by atoms with van der Waals surface area (Å²) in [6.45, 7) is 13.8. The third-order valence-corrected chi connectivity index (χ3v) is 14.0. The van der Waals surface area contributed by atoms with Gasteiger partial charge in [-0.15, -0.1) is 0 Å². The smallest absolute Gasteiger partial charge is 0.407 e. The summed E-state index contributed by atoms with van der Waals surface area (Å²) in [6, 6.07) is 18.4. The van der Waals surface area contributed by atoms with Crippen molar-refractivity contribution in [3.8, 4) is 11.1 Å². The summed E-state index contributed by atoms with van der Waals surface area (Å²) >= 11 is 0. The van der Waals surface area contributed by atoms with Crippen LogP contribution in [0, 0.1) is 0 Å². The lowest BCUT2D eigenvalue weighted by Crippen LogP contribution is -2.49. The first kappa shape index (κ1) is 33.1. The summed E-state index contributed by atoms with van der Waals surface area (Å²) < 4.78 is 25.6. The molecule has 1 aliphatic heterocycles. The molecule has 11 nitrogen and oxygen atoms in total. The molecule has 3 heterocycles. The molecule has 250 valence electrons. The van der Waals surface area contributed by atoms with Crippen LogP contribution in [0.4, 0.5) is 4.79 Å². The monoisotopic (exact) mass is 659 g/mol. The van der Waals surface area contributed by atoms with Crippen molar-refractivity contribution in [1.82, 2.24) is 25.2 Å². The van der Waals surface area contributed by atoms with Gasteiger partial charge in [0.2, 0.25) is 0 Å². The SMILES string of the molecule is CC(C)(C)[Si](C)(C)OC[C@@H]1CNC[C@@H](n2cc3cc(COCCNC(=O)OCC4c5ccccc5-c5ccccc54)[nH]c3nc2=O)O1. The molecule has 0 bridgehead atoms. The molecule has 2 atom stereocenters. The number of carbonyl (C=O) groups is 1. The molecular weight excluding hydrogens is 615 g/mol. The Labute approximate surface area is 276 Å². The van der Waals surface area contributed by atoms with E-state index in [-0.39, 0.29) is 30.3 Å². The van der Waals surface area contributed by atoms with Gasteiger partial charge in [-0.2, -0.15) is 4.98 Å². The topological polar surface area (TPSA) is 129 Å². The van der Waals surface area contributed by atoms with E-state index in [0.717, 1.165) is 11.1 Å². The van der Waals surface area contributed by atoms with Crippen LogP contribution in [0.1, 0.15) is 49.7 Å². The summed E-state index contributed by atoms with van der Waals surface area (Å²) in [4.78, 5) is 32.8. The Balaban J connectivity index is 0.963. The molecular formula is C35H45N5O6Si. The van der Waals surface area contributed by atoms with Crippen molar-refractivity contribution >= 4 is 25.4 Å². The van der Waals surface area contributed by atoms with Crippen LogP contribution in [0.15, 0.2) is 65.6 Å². The molecule has 0 radical (unpaired) electrons. The minimum absolute atomic E-state index is 0.0112. The van der Waals surface area contributed by atoms with Crippen LogP contribution in [-0.2, 0) is 25.2 Å². The van der Waals surface area contributed by atoms with Gasteiger partial charge < -0.3 is 34.3 Å². The van der Waals surface area contributed by atoms with Gasteiger partial charge in [0.05, 0.1) is 25.9 Å². The number of nitrogens with zero attached hydrogens (tertiary/aromatic N) is 2. The predicted molar refractivity (Wildman–Crippen MR) is 183 cm³/mol. The van der Waals surface area contributed by atoms with E-state index in [1.807, 2.05) is 30.3 Å². The first-order valence-corrected chi connectivity index (χ1v) is 19.2. The minimum Gasteiger partial charge on any atom is -0.449 e. The van der Waals surface area contributed by atoms with Gasteiger partial charge in [0.1, 0.15) is 12.3 Å². The molecule has 1 amide bonds. The normalized spacial score (nSPS) is 18.2. The zero-order valence-electron chi connectivity index (χ0n) is 27.8. The standard InChI is InChI=1S/C35H45N5O6Si/c1-35(2,3)47(4,5)45-21-25-17-36-18-31(46-25)40-19-23-16-24(38-32(23)39-33(40)41)20-43-15-14-37-34(42)44-22-30-28-12-8-6-10-26(28)27-11-7-9-13-29(27)30/h6-13,16,19,25,30-31,36H,14-15,17-18,20-22H2,1-5H3,(H,37,42)(H,38,39,41)/t25-,31-/m0/s1. The molecule has 1 saturated heterocycles. The van der Waals surface area contributed by atoms with Crippen molar-refractivity contribution in [3.05, 3.63) is 88.1 Å². The molecule has 1 fully saturated rings. The predicted octanol–water partition coefficient (Wildman–Crippen LogP) is 5.29. The van der Waals surface area contributed by atoms with Crippen LogP contribution in [0.3, 0.4) is 0 Å². The Kier molecular flexibility index (Phi) is 9.67. The molecule has 2 aromatic heterocycles. The fourth-order valence-electron chi connectivity index (χ4n) is 5.87. The van der Waals surface area contributed by atoms with Crippen LogP contribution in [-0.4, -0.2) is 74.5 Å². The number of ether oxygens (including phenoxy) is 3. The maximum absolute atomic E-state index is 12.9. The number of nitrogens with one attached hydrogen (secondary N) is 3. The van der Waals surface area contributed by atoms with Crippen molar-refractivity contribution in [1.29, 1.82) is 0 Å². The van der Waals surface area contributed by atoms with Gasteiger partial charge in [-0.25, -0.2) is 9.59 Å². The Bertz CT molecular complexity index is 1730. The van der Waals surface area contributed by atoms with E-state index in [4.69, 9.17) is 18.6 Å². The van der Waals surface area contributed by atoms with E-state index in [1.165, 1.54) is 26.8 Å². The molecule has 2 aromatic carbocycles. The number of aromatic amines is 1. The summed E-state index contributed by atoms with van der Waals surface area (Å²) in [7, 11) is -1.92. The maximum atomic E-state index is 12.9. The number of fused-ring (bicyclic) bond motifs is 4. The summed E-state index contributed by atoms with van der Waals surface area (Å²) in [5, 5.41) is 7.03. The first-order chi connectivity index (χ1) is 22.5. The molecule has 6 rings (SSSR count). The number of alkyl carbamates (subject to hydrolysis) is 1. The third kappa shape index (κ3) is 7.36. The van der Waals surface area contributed by atoms with Gasteiger partial charge in [-0.3, -0.25) is 4.57 Å². The molecule has 0 saturated carbocycles. The second-order valence-corrected chi connectivity index (χ2v) is 18.6. The van der Waals surface area contributed by atoms with Gasteiger partial charge in [0, 0.05) is 42.8 Å². The average molecular weight is 660 g/mol. The first-order valence-electron chi connectivity index (χ1n) is 16.3. The highest BCUT2D eigenvalue weighted by Crippen LogP contribution is 2.44. The van der Waals surface area contributed by atoms with Crippen LogP contribution in [0.5, 0.6) is 0 Å². The highest BCUT2D eigenvalue weighted by Gasteiger charge is 2.38. The Morgan fingerprint density at radius 1 is 1.06 bits per heavy atom. The molecule has 47 heavy (non-hydrogen) atoms. The molecule has 0 spiro atoms. The fourth-order valence-corrected chi connectivity index (χ4v) is 6.91. The number of aromatic nitrogens is 3. The Morgan fingerprint density at radius 2 is 1.77 bits per heavy atom. The summed E-state index contributed by atoms with van der Waals surface area (Å²) in [6.07, 6.45) is 0.640. The number of amides is 1. The zero-order chi connectivity index (χ0) is 33.2. The number of carbonyl (C=O) groups excluding carboxylic acids is 1. The molecule has 3 N–H and O–H groups in total. The van der Waals surface area contributed by atoms with Gasteiger partial charge >= 0.3 is 11.8 Å². The number of rotatable bonds is 11. The van der Waals surface area contributed by atoms with Crippen molar-refractivity contribution in [2.45, 2.75) is 63.8 Å². The Hall–Kier alpha value is -3.81. The van der Waals surface area contributed by atoms with Crippen molar-refractivity contribution in [2.75, 3.05) is 39.5 Å². The van der Waals surface area contributed by atoms with Gasteiger partial charge in [0.25, 0.3) is 0 Å². The molecule has 2 aliphatic rings. The fraction of sp³-hybridized carbons (Fsp3) is 0.457. The number of H-pyrrole nitrogens is 1.